The topological polar surface area (TPSA) is 64.9 Å². The molecule has 5 nitrogen and oxygen atoms in total. The number of hydrazone groups is 1. The van der Waals surface area contributed by atoms with E-state index in [0.29, 0.717) is 14.9 Å². The van der Waals surface area contributed by atoms with E-state index in [1.165, 1.54) is 11.3 Å². The maximum Gasteiger partial charge on any atom is 0.275 e. The number of phenols is 1. The zero-order valence-electron chi connectivity index (χ0n) is 16.3. The van der Waals surface area contributed by atoms with Gasteiger partial charge in [-0.05, 0) is 77.5 Å². The zero-order valence-corrected chi connectivity index (χ0v) is 19.4. The Hall–Kier alpha value is -1.86. The highest BCUT2D eigenvalue weighted by molar-refractivity contribution is 9.11. The summed E-state index contributed by atoms with van der Waals surface area (Å²) in [6.07, 6.45) is 2.69. The normalized spacial score (nSPS) is 18.2. The lowest BCUT2D eigenvalue weighted by atomic mass is 9.80. The van der Waals surface area contributed by atoms with E-state index in [1.807, 2.05) is 6.07 Å². The molecule has 2 aromatic rings. The predicted molar refractivity (Wildman–Crippen MR) is 121 cm³/mol. The van der Waals surface area contributed by atoms with Crippen molar-refractivity contribution in [1.29, 1.82) is 0 Å². The molecular weight excluding hydrogens is 486 g/mol. The minimum Gasteiger partial charge on any atom is -0.506 e. The third-order valence-electron chi connectivity index (χ3n) is 5.31. The van der Waals surface area contributed by atoms with E-state index < -0.39 is 5.91 Å². The number of anilines is 1. The molecule has 0 fully saturated rings. The Kier molecular flexibility index (Phi) is 5.87. The van der Waals surface area contributed by atoms with Gasteiger partial charge in [0.1, 0.15) is 5.75 Å². The SMILES string of the molecule is CC1CC(C)(C)N(C)c2ccc(/C=N/NC(=O)c3cc(Br)cc(Br)c3O)cc21. The van der Waals surface area contributed by atoms with Gasteiger partial charge in [0.25, 0.3) is 5.91 Å². The van der Waals surface area contributed by atoms with E-state index in [1.54, 1.807) is 18.3 Å². The molecule has 7 heteroatoms. The molecule has 0 aliphatic carbocycles. The highest BCUT2D eigenvalue weighted by Gasteiger charge is 2.33. The average molecular weight is 509 g/mol. The van der Waals surface area contributed by atoms with Crippen LogP contribution in [0, 0.1) is 0 Å². The number of hydrogen-bond donors (Lipinski definition) is 2. The third kappa shape index (κ3) is 4.10. The fourth-order valence-electron chi connectivity index (χ4n) is 3.64. The van der Waals surface area contributed by atoms with Crippen LogP contribution >= 0.6 is 31.9 Å². The number of phenolic OH excluding ortho intramolecular Hbond substituents is 1. The molecule has 3 rings (SSSR count). The van der Waals surface area contributed by atoms with Gasteiger partial charge >= 0.3 is 0 Å². The summed E-state index contributed by atoms with van der Waals surface area (Å²) < 4.78 is 1.12. The Labute approximate surface area is 182 Å². The van der Waals surface area contributed by atoms with Crippen molar-refractivity contribution in [2.75, 3.05) is 11.9 Å². The number of fused-ring (bicyclic) bond motifs is 1. The van der Waals surface area contributed by atoms with Gasteiger partial charge in [-0.2, -0.15) is 5.10 Å². The Morgan fingerprint density at radius 2 is 2.04 bits per heavy atom. The Morgan fingerprint density at radius 3 is 2.75 bits per heavy atom. The Morgan fingerprint density at radius 1 is 1.32 bits per heavy atom. The fraction of sp³-hybridized carbons (Fsp3) is 0.333. The zero-order chi connectivity index (χ0) is 20.6. The van der Waals surface area contributed by atoms with Gasteiger partial charge in [0.2, 0.25) is 0 Å². The summed E-state index contributed by atoms with van der Waals surface area (Å²) in [7, 11) is 2.13. The van der Waals surface area contributed by atoms with E-state index in [9.17, 15) is 9.90 Å². The van der Waals surface area contributed by atoms with E-state index in [4.69, 9.17) is 0 Å². The van der Waals surface area contributed by atoms with Crippen molar-refractivity contribution in [3.05, 3.63) is 56.0 Å². The second-order valence-electron chi connectivity index (χ2n) is 7.78. The highest BCUT2D eigenvalue weighted by Crippen LogP contribution is 2.42. The smallest absolute Gasteiger partial charge is 0.275 e. The number of benzene rings is 2. The molecule has 0 aromatic heterocycles. The Balaban J connectivity index is 1.78. The van der Waals surface area contributed by atoms with Crippen molar-refractivity contribution in [3.8, 4) is 5.75 Å². The molecule has 0 saturated carbocycles. The molecule has 1 amide bonds. The lowest BCUT2D eigenvalue weighted by Gasteiger charge is -2.45. The van der Waals surface area contributed by atoms with Crippen LogP contribution in [0.2, 0.25) is 0 Å². The van der Waals surface area contributed by atoms with Gasteiger partial charge in [-0.3, -0.25) is 4.79 Å². The number of nitrogens with zero attached hydrogens (tertiary/aromatic N) is 2. The second kappa shape index (κ2) is 7.87. The molecule has 28 heavy (non-hydrogen) atoms. The summed E-state index contributed by atoms with van der Waals surface area (Å²) in [4.78, 5) is 14.6. The van der Waals surface area contributed by atoms with Crippen molar-refractivity contribution in [2.24, 2.45) is 5.10 Å². The van der Waals surface area contributed by atoms with Crippen LogP contribution in [0.1, 0.15) is 54.6 Å². The van der Waals surface area contributed by atoms with Crippen LogP contribution in [0.4, 0.5) is 5.69 Å². The number of amides is 1. The molecule has 2 aromatic carbocycles. The molecule has 0 radical (unpaired) electrons. The average Bonchev–Trinajstić information content (AvgIpc) is 2.62. The van der Waals surface area contributed by atoms with Crippen LogP contribution in [0.3, 0.4) is 0 Å². The van der Waals surface area contributed by atoms with Crippen LogP contribution in [0.15, 0.2) is 44.4 Å². The molecule has 148 valence electrons. The summed E-state index contributed by atoms with van der Waals surface area (Å²) in [5.41, 5.74) is 6.16. The standard InChI is InChI=1S/C21H23Br2N3O2/c1-12-10-21(2,3)26(4)18-6-5-13(7-15(12)18)11-24-25-20(28)16-8-14(22)9-17(23)19(16)27/h5-9,11-12,27H,10H2,1-4H3,(H,25,28)/b24-11+. The van der Waals surface area contributed by atoms with E-state index in [2.05, 4.69) is 87.2 Å². The van der Waals surface area contributed by atoms with Gasteiger partial charge in [0.05, 0.1) is 16.3 Å². The van der Waals surface area contributed by atoms with Crippen molar-refractivity contribution in [3.63, 3.8) is 0 Å². The highest BCUT2D eigenvalue weighted by atomic mass is 79.9. The fourth-order valence-corrected chi connectivity index (χ4v) is 4.87. The van der Waals surface area contributed by atoms with Gasteiger partial charge < -0.3 is 10.0 Å². The number of halogens is 2. The molecule has 1 heterocycles. The molecule has 1 aliphatic heterocycles. The van der Waals surface area contributed by atoms with Gasteiger partial charge in [0.15, 0.2) is 0 Å². The minimum atomic E-state index is -0.483. The van der Waals surface area contributed by atoms with Crippen molar-refractivity contribution < 1.29 is 9.90 Å². The van der Waals surface area contributed by atoms with Gasteiger partial charge in [0, 0.05) is 22.7 Å². The first-order valence-electron chi connectivity index (χ1n) is 8.99. The molecule has 2 N–H and O–H groups in total. The lowest BCUT2D eigenvalue weighted by molar-refractivity contribution is 0.0952. The predicted octanol–water partition coefficient (Wildman–Crippen LogP) is 5.40. The maximum absolute atomic E-state index is 12.3. The van der Waals surface area contributed by atoms with Crippen molar-refractivity contribution in [2.45, 2.75) is 38.6 Å². The first-order valence-corrected chi connectivity index (χ1v) is 10.6. The lowest BCUT2D eigenvalue weighted by Crippen LogP contribution is -2.45. The van der Waals surface area contributed by atoms with Crippen LogP contribution in [-0.4, -0.2) is 29.8 Å². The monoisotopic (exact) mass is 507 g/mol. The Bertz CT molecular complexity index is 957. The molecule has 0 bridgehead atoms. The van der Waals surface area contributed by atoms with Crippen molar-refractivity contribution in [1.82, 2.24) is 5.43 Å². The molecule has 1 atom stereocenters. The molecule has 0 saturated heterocycles. The third-order valence-corrected chi connectivity index (χ3v) is 6.37. The van der Waals surface area contributed by atoms with Gasteiger partial charge in [-0.1, -0.05) is 28.9 Å². The van der Waals surface area contributed by atoms with Crippen LogP contribution in [-0.2, 0) is 0 Å². The second-order valence-corrected chi connectivity index (χ2v) is 9.55. The quantitative estimate of drug-likeness (QED) is 0.430. The number of aromatic hydroxyl groups is 1. The number of carbonyl (C=O) groups excluding carboxylic acids is 1. The summed E-state index contributed by atoms with van der Waals surface area (Å²) in [5, 5.41) is 14.1. The molecule has 0 spiro atoms. The van der Waals surface area contributed by atoms with Crippen LogP contribution < -0.4 is 10.3 Å². The molecule has 1 aliphatic rings. The van der Waals surface area contributed by atoms with Crippen LogP contribution in [0.5, 0.6) is 5.75 Å². The van der Waals surface area contributed by atoms with E-state index in [-0.39, 0.29) is 16.9 Å². The first-order chi connectivity index (χ1) is 13.1. The number of carbonyl (C=O) groups is 1. The number of nitrogens with one attached hydrogen (secondary N) is 1. The summed E-state index contributed by atoms with van der Waals surface area (Å²) in [5.74, 6) is -0.159. The molecular formula is C21H23Br2N3O2. The van der Waals surface area contributed by atoms with Crippen LogP contribution in [0.25, 0.3) is 0 Å². The summed E-state index contributed by atoms with van der Waals surface area (Å²) in [6.45, 7) is 6.75. The minimum absolute atomic E-state index is 0.121. The van der Waals surface area contributed by atoms with E-state index in [0.717, 1.165) is 12.0 Å². The maximum atomic E-state index is 12.3. The van der Waals surface area contributed by atoms with Gasteiger partial charge in [-0.15, -0.1) is 0 Å². The first kappa shape index (κ1) is 20.9. The van der Waals surface area contributed by atoms with Gasteiger partial charge in [-0.25, -0.2) is 5.43 Å². The summed E-state index contributed by atoms with van der Waals surface area (Å²) >= 11 is 6.53. The summed E-state index contributed by atoms with van der Waals surface area (Å²) in [6, 6.07) is 9.43. The number of hydrogen-bond acceptors (Lipinski definition) is 4. The molecule has 1 unspecified atom stereocenters. The van der Waals surface area contributed by atoms with Crippen molar-refractivity contribution >= 4 is 49.7 Å². The number of rotatable bonds is 3. The largest absolute Gasteiger partial charge is 0.506 e. The van der Waals surface area contributed by atoms with E-state index >= 15 is 0 Å².